The summed E-state index contributed by atoms with van der Waals surface area (Å²) in [4.78, 5) is 20.7. The maximum atomic E-state index is 13.9. The van der Waals surface area contributed by atoms with E-state index in [1.54, 1.807) is 18.2 Å². The number of rotatable bonds is 8. The van der Waals surface area contributed by atoms with Gasteiger partial charge in [-0.3, -0.25) is 4.79 Å². The number of hydrogen-bond donors (Lipinski definition) is 0. The zero-order valence-electron chi connectivity index (χ0n) is 20.1. The summed E-state index contributed by atoms with van der Waals surface area (Å²) in [5.74, 6) is 1.30. The van der Waals surface area contributed by atoms with Crippen LogP contribution in [0.25, 0.3) is 11.0 Å². The molecule has 4 aromatic rings. The lowest BCUT2D eigenvalue weighted by Gasteiger charge is -2.35. The van der Waals surface area contributed by atoms with E-state index >= 15 is 0 Å². The average molecular weight is 522 g/mol. The number of para-hydroxylation sites is 2. The molecule has 0 N–H and O–H groups in total. The van der Waals surface area contributed by atoms with Crippen LogP contribution in [0.5, 0.6) is 5.75 Å². The molecular formula is C29H29Cl2N3O2. The van der Waals surface area contributed by atoms with Gasteiger partial charge >= 0.3 is 0 Å². The summed E-state index contributed by atoms with van der Waals surface area (Å²) in [6.45, 7) is 1.01. The van der Waals surface area contributed by atoms with Crippen molar-refractivity contribution in [3.05, 3.63) is 94.2 Å². The average Bonchev–Trinajstić information content (AvgIpc) is 3.25. The molecule has 1 aliphatic carbocycles. The molecule has 1 aromatic heterocycles. The molecule has 36 heavy (non-hydrogen) atoms. The van der Waals surface area contributed by atoms with E-state index in [9.17, 15) is 4.79 Å². The normalized spacial score (nSPS) is 14.2. The molecule has 5 nitrogen and oxygen atoms in total. The van der Waals surface area contributed by atoms with Crippen molar-refractivity contribution in [3.8, 4) is 5.75 Å². The molecule has 1 heterocycles. The lowest BCUT2D eigenvalue weighted by atomic mass is 9.93. The van der Waals surface area contributed by atoms with Gasteiger partial charge in [0.25, 0.3) is 0 Å². The Kier molecular flexibility index (Phi) is 7.78. The molecule has 0 saturated heterocycles. The summed E-state index contributed by atoms with van der Waals surface area (Å²) in [6.07, 6.45) is 5.67. The van der Waals surface area contributed by atoms with Gasteiger partial charge in [-0.1, -0.05) is 84.9 Å². The van der Waals surface area contributed by atoms with Crippen LogP contribution >= 0.6 is 23.2 Å². The molecule has 1 saturated carbocycles. The first-order valence-corrected chi connectivity index (χ1v) is 13.2. The Balaban J connectivity index is 1.42. The van der Waals surface area contributed by atoms with Gasteiger partial charge in [0.1, 0.15) is 24.7 Å². The van der Waals surface area contributed by atoms with E-state index in [0.29, 0.717) is 28.2 Å². The minimum atomic E-state index is 0.0969. The SMILES string of the molecule is O=C(Cn1c(COc2ccc(Cl)cc2Cl)nc2ccccc21)N(Cc1ccccc1)C1CCCCC1. The van der Waals surface area contributed by atoms with Crippen molar-refractivity contribution in [1.29, 1.82) is 0 Å². The molecule has 0 bridgehead atoms. The minimum Gasteiger partial charge on any atom is -0.484 e. The number of amides is 1. The van der Waals surface area contributed by atoms with Gasteiger partial charge in [-0.2, -0.15) is 0 Å². The number of benzene rings is 3. The van der Waals surface area contributed by atoms with E-state index in [1.807, 2.05) is 47.0 Å². The Bertz CT molecular complexity index is 1330. The topological polar surface area (TPSA) is 47.4 Å². The summed E-state index contributed by atoms with van der Waals surface area (Å²) in [5, 5.41) is 0.985. The van der Waals surface area contributed by atoms with Crippen LogP contribution in [-0.4, -0.2) is 26.4 Å². The van der Waals surface area contributed by atoms with Crippen LogP contribution in [0.3, 0.4) is 0 Å². The van der Waals surface area contributed by atoms with Crippen LogP contribution < -0.4 is 4.74 Å². The van der Waals surface area contributed by atoms with Crippen molar-refractivity contribution in [2.75, 3.05) is 0 Å². The molecule has 0 atom stereocenters. The predicted molar refractivity (Wildman–Crippen MR) is 144 cm³/mol. The van der Waals surface area contributed by atoms with Gasteiger partial charge in [0.15, 0.2) is 0 Å². The van der Waals surface area contributed by atoms with Crippen LogP contribution in [0, 0.1) is 0 Å². The molecule has 186 valence electrons. The third kappa shape index (κ3) is 5.69. The molecule has 5 rings (SSSR count). The van der Waals surface area contributed by atoms with E-state index in [2.05, 4.69) is 17.0 Å². The summed E-state index contributed by atoms with van der Waals surface area (Å²) < 4.78 is 7.98. The van der Waals surface area contributed by atoms with Gasteiger partial charge in [-0.15, -0.1) is 0 Å². The molecule has 1 fully saturated rings. The van der Waals surface area contributed by atoms with Crippen molar-refractivity contribution in [1.82, 2.24) is 14.5 Å². The van der Waals surface area contributed by atoms with Gasteiger partial charge in [0.2, 0.25) is 5.91 Å². The molecular weight excluding hydrogens is 493 g/mol. The smallest absolute Gasteiger partial charge is 0.243 e. The first-order valence-electron chi connectivity index (χ1n) is 12.4. The van der Waals surface area contributed by atoms with Crippen molar-refractivity contribution in [2.45, 2.75) is 57.8 Å². The number of ether oxygens (including phenoxy) is 1. The number of hydrogen-bond acceptors (Lipinski definition) is 3. The van der Waals surface area contributed by atoms with Gasteiger partial charge < -0.3 is 14.2 Å². The fraction of sp³-hybridized carbons (Fsp3) is 0.310. The van der Waals surface area contributed by atoms with Gasteiger partial charge in [-0.05, 0) is 48.7 Å². The Morgan fingerprint density at radius 2 is 1.72 bits per heavy atom. The number of carbonyl (C=O) groups is 1. The number of imidazole rings is 1. The van der Waals surface area contributed by atoms with Crippen LogP contribution in [0.1, 0.15) is 43.5 Å². The number of halogens is 2. The summed E-state index contributed by atoms with van der Waals surface area (Å²) >= 11 is 12.3. The van der Waals surface area contributed by atoms with Crippen LogP contribution in [-0.2, 0) is 24.5 Å². The van der Waals surface area contributed by atoms with Crippen molar-refractivity contribution in [2.24, 2.45) is 0 Å². The highest BCUT2D eigenvalue weighted by Crippen LogP contribution is 2.29. The molecule has 3 aromatic carbocycles. The fourth-order valence-electron chi connectivity index (χ4n) is 4.97. The third-order valence-corrected chi connectivity index (χ3v) is 7.34. The first-order chi connectivity index (χ1) is 17.6. The predicted octanol–water partition coefficient (Wildman–Crippen LogP) is 7.28. The third-order valence-electron chi connectivity index (χ3n) is 6.81. The van der Waals surface area contributed by atoms with Gasteiger partial charge in [0.05, 0.1) is 16.1 Å². The minimum absolute atomic E-state index is 0.0969. The second kappa shape index (κ2) is 11.4. The van der Waals surface area contributed by atoms with Crippen molar-refractivity contribution in [3.63, 3.8) is 0 Å². The van der Waals surface area contributed by atoms with Gasteiger partial charge in [0, 0.05) is 17.6 Å². The number of carbonyl (C=O) groups excluding carboxylic acids is 1. The zero-order chi connectivity index (χ0) is 24.9. The van der Waals surface area contributed by atoms with Crippen molar-refractivity contribution < 1.29 is 9.53 Å². The molecule has 0 radical (unpaired) electrons. The number of nitrogens with zero attached hydrogens (tertiary/aromatic N) is 3. The molecule has 7 heteroatoms. The Hall–Kier alpha value is -3.02. The Morgan fingerprint density at radius 1 is 0.972 bits per heavy atom. The van der Waals surface area contributed by atoms with Crippen molar-refractivity contribution >= 4 is 40.1 Å². The summed E-state index contributed by atoms with van der Waals surface area (Å²) in [7, 11) is 0. The highest BCUT2D eigenvalue weighted by molar-refractivity contribution is 6.35. The van der Waals surface area contributed by atoms with Crippen LogP contribution in [0.4, 0.5) is 0 Å². The monoisotopic (exact) mass is 521 g/mol. The van der Waals surface area contributed by atoms with Gasteiger partial charge in [-0.25, -0.2) is 4.98 Å². The zero-order valence-corrected chi connectivity index (χ0v) is 21.6. The van der Waals surface area contributed by atoms with E-state index < -0.39 is 0 Å². The maximum absolute atomic E-state index is 13.9. The highest BCUT2D eigenvalue weighted by Gasteiger charge is 2.27. The largest absolute Gasteiger partial charge is 0.484 e. The lowest BCUT2D eigenvalue weighted by molar-refractivity contribution is -0.135. The van der Waals surface area contributed by atoms with E-state index in [0.717, 1.165) is 42.3 Å². The molecule has 0 unspecified atom stereocenters. The first kappa shape index (κ1) is 24.7. The fourth-order valence-corrected chi connectivity index (χ4v) is 5.43. The Morgan fingerprint density at radius 3 is 2.50 bits per heavy atom. The maximum Gasteiger partial charge on any atom is 0.243 e. The molecule has 1 amide bonds. The summed E-state index contributed by atoms with van der Waals surface area (Å²) in [6, 6.07) is 23.5. The van der Waals surface area contributed by atoms with E-state index in [1.165, 1.54) is 6.42 Å². The molecule has 0 aliphatic heterocycles. The quantitative estimate of drug-likeness (QED) is 0.244. The lowest BCUT2D eigenvalue weighted by Crippen LogP contribution is -2.42. The second-order valence-electron chi connectivity index (χ2n) is 9.27. The van der Waals surface area contributed by atoms with Crippen LogP contribution in [0.2, 0.25) is 10.0 Å². The Labute approximate surface area is 221 Å². The molecule has 1 aliphatic rings. The molecule has 0 spiro atoms. The standard InChI is InChI=1S/C29H29Cl2N3O2/c30-22-15-16-27(24(31)17-22)36-20-28-32-25-13-7-8-14-26(25)34(28)19-29(35)33(23-11-5-2-6-12-23)18-21-9-3-1-4-10-21/h1,3-4,7-10,13-17,23H,2,5-6,11-12,18-20H2. The van der Waals surface area contributed by atoms with E-state index in [4.69, 9.17) is 32.9 Å². The number of aromatic nitrogens is 2. The van der Waals surface area contributed by atoms with E-state index in [-0.39, 0.29) is 25.1 Å². The second-order valence-corrected chi connectivity index (χ2v) is 10.1. The summed E-state index contributed by atoms with van der Waals surface area (Å²) in [5.41, 5.74) is 2.89. The van der Waals surface area contributed by atoms with Crippen LogP contribution in [0.15, 0.2) is 72.8 Å². The number of fused-ring (bicyclic) bond motifs is 1. The highest BCUT2D eigenvalue weighted by atomic mass is 35.5.